The fourth-order valence-corrected chi connectivity index (χ4v) is 5.77. The van der Waals surface area contributed by atoms with Crippen molar-refractivity contribution in [1.29, 1.82) is 0 Å². The molecule has 0 saturated carbocycles. The lowest BCUT2D eigenvalue weighted by Gasteiger charge is -2.29. The van der Waals surface area contributed by atoms with Gasteiger partial charge >= 0.3 is 0 Å². The minimum Gasteiger partial charge on any atom is -0.344 e. The molecule has 0 fully saturated rings. The largest absolute Gasteiger partial charge is 0.344 e. The summed E-state index contributed by atoms with van der Waals surface area (Å²) in [6.07, 6.45) is 2.67. The predicted octanol–water partition coefficient (Wildman–Crippen LogP) is 4.09. The Kier molecular flexibility index (Phi) is 10.9. The quantitative estimate of drug-likeness (QED) is 0.447. The van der Waals surface area contributed by atoms with E-state index in [9.17, 15) is 19.2 Å². The van der Waals surface area contributed by atoms with Crippen molar-refractivity contribution in [1.82, 2.24) is 34.4 Å². The molecule has 3 heterocycles. The van der Waals surface area contributed by atoms with Crippen LogP contribution in [0.25, 0.3) is 0 Å². The summed E-state index contributed by atoms with van der Waals surface area (Å²) in [5.41, 5.74) is 0.0955. The maximum Gasteiger partial charge on any atom is 0.263 e. The van der Waals surface area contributed by atoms with Gasteiger partial charge in [0.2, 0.25) is 11.8 Å². The Balaban J connectivity index is 1.68. The van der Waals surface area contributed by atoms with E-state index in [4.69, 9.17) is 23.2 Å². The van der Waals surface area contributed by atoms with E-state index in [0.29, 0.717) is 40.1 Å². The third kappa shape index (κ3) is 7.68. The molecular weight excluding hydrogens is 605 g/mol. The summed E-state index contributed by atoms with van der Waals surface area (Å²) in [4.78, 5) is 61.3. The van der Waals surface area contributed by atoms with Crippen molar-refractivity contribution in [3.8, 4) is 0 Å². The first kappa shape index (κ1) is 33.2. The Morgan fingerprint density at radius 2 is 1.77 bits per heavy atom. The number of carbonyl (C=O) groups is 3. The minimum atomic E-state index is -0.704. The van der Waals surface area contributed by atoms with Crippen molar-refractivity contribution in [3.05, 3.63) is 79.7 Å². The van der Waals surface area contributed by atoms with Crippen LogP contribution in [0, 0.1) is 12.8 Å². The van der Waals surface area contributed by atoms with Crippen LogP contribution in [0.4, 0.5) is 0 Å². The number of carbonyl (C=O) groups excluding carboxylic acids is 3. The number of hydrogen-bond donors (Lipinski definition) is 1. The lowest BCUT2D eigenvalue weighted by molar-refractivity contribution is -0.138. The molecule has 3 aromatic rings. The molecule has 3 amide bonds. The fourth-order valence-electron chi connectivity index (χ4n) is 5.25. The molecule has 1 N–H and O–H groups in total. The molecule has 44 heavy (non-hydrogen) atoms. The van der Waals surface area contributed by atoms with E-state index in [1.807, 2.05) is 0 Å². The summed E-state index contributed by atoms with van der Waals surface area (Å²) >= 11 is 12.7. The second kappa shape index (κ2) is 14.4. The zero-order valence-electron chi connectivity index (χ0n) is 25.7. The lowest BCUT2D eigenvalue weighted by atomic mass is 10.0. The SMILES string of the molecule is Cc1nc2n(n1)CCN(C(=O)c1cccn(Cc3c(Cl)cccc3Cl)c1=O)CCCC(=O)N(C)[C@@H](C)C(=O)N[C@@H]2CC(C)C. The number of fused-ring (bicyclic) bond motifs is 1. The molecular formula is C31H39Cl2N7O4. The van der Waals surface area contributed by atoms with Gasteiger partial charge in [0.25, 0.3) is 11.5 Å². The van der Waals surface area contributed by atoms with E-state index in [1.165, 1.54) is 15.5 Å². The van der Waals surface area contributed by atoms with Crippen molar-refractivity contribution in [2.45, 2.75) is 72.1 Å². The van der Waals surface area contributed by atoms with Gasteiger partial charge < -0.3 is 19.7 Å². The Hall–Kier alpha value is -3.70. The molecule has 1 aromatic carbocycles. The van der Waals surface area contributed by atoms with Crippen LogP contribution >= 0.6 is 23.2 Å². The van der Waals surface area contributed by atoms with Gasteiger partial charge in [-0.25, -0.2) is 9.67 Å². The standard InChI is InChI=1S/C31H39Cl2N7O4/c1-19(2)17-26-28-34-21(4)36-40(28)16-15-38(13-8-12-27(41)37(5)20(3)29(42)35-26)30(43)22-9-7-14-39(31(22)44)18-23-24(32)10-6-11-25(23)33/h6-7,9-11,14,19-20,26H,8,12-13,15-18H2,1-5H3,(H,35,42)/t20-,26+/m0/s1. The number of pyridine rings is 1. The van der Waals surface area contributed by atoms with Gasteiger partial charge in [-0.05, 0) is 56.9 Å². The first-order valence-electron chi connectivity index (χ1n) is 14.8. The molecule has 2 aromatic heterocycles. The Labute approximate surface area is 267 Å². The van der Waals surface area contributed by atoms with Crippen molar-refractivity contribution in [2.24, 2.45) is 5.92 Å². The number of rotatable bonds is 5. The zero-order valence-corrected chi connectivity index (χ0v) is 27.2. The zero-order chi connectivity index (χ0) is 32.1. The molecule has 236 valence electrons. The first-order chi connectivity index (χ1) is 20.9. The van der Waals surface area contributed by atoms with E-state index in [-0.39, 0.29) is 55.9 Å². The van der Waals surface area contributed by atoms with Crippen LogP contribution in [0.3, 0.4) is 0 Å². The van der Waals surface area contributed by atoms with Gasteiger partial charge in [0.05, 0.1) is 19.1 Å². The van der Waals surface area contributed by atoms with Gasteiger partial charge in [0, 0.05) is 48.4 Å². The van der Waals surface area contributed by atoms with Crippen LogP contribution in [-0.2, 0) is 22.7 Å². The number of benzene rings is 1. The first-order valence-corrected chi connectivity index (χ1v) is 15.5. The number of aromatic nitrogens is 4. The predicted molar refractivity (Wildman–Crippen MR) is 169 cm³/mol. The van der Waals surface area contributed by atoms with Crippen LogP contribution in [0.1, 0.15) is 73.6 Å². The molecule has 0 radical (unpaired) electrons. The molecule has 0 aliphatic carbocycles. The second-order valence-electron chi connectivity index (χ2n) is 11.6. The summed E-state index contributed by atoms with van der Waals surface area (Å²) < 4.78 is 3.12. The van der Waals surface area contributed by atoms with Gasteiger partial charge in [-0.2, -0.15) is 5.10 Å². The molecule has 0 unspecified atom stereocenters. The van der Waals surface area contributed by atoms with Crippen LogP contribution in [0.5, 0.6) is 0 Å². The number of nitrogens with one attached hydrogen (secondary N) is 1. The maximum absolute atomic E-state index is 13.9. The van der Waals surface area contributed by atoms with Gasteiger partial charge in [-0.15, -0.1) is 0 Å². The molecule has 11 nitrogen and oxygen atoms in total. The van der Waals surface area contributed by atoms with Crippen LogP contribution in [0.2, 0.25) is 10.0 Å². The summed E-state index contributed by atoms with van der Waals surface area (Å²) in [6.45, 7) is 8.39. The molecule has 1 aliphatic rings. The topological polar surface area (TPSA) is 122 Å². The number of amides is 3. The Morgan fingerprint density at radius 3 is 2.45 bits per heavy atom. The Morgan fingerprint density at radius 1 is 1.07 bits per heavy atom. The molecule has 0 saturated heterocycles. The third-order valence-electron chi connectivity index (χ3n) is 7.82. The lowest BCUT2D eigenvalue weighted by Crippen LogP contribution is -2.48. The maximum atomic E-state index is 13.9. The summed E-state index contributed by atoms with van der Waals surface area (Å²) in [6, 6.07) is 7.11. The van der Waals surface area contributed by atoms with Crippen molar-refractivity contribution in [2.75, 3.05) is 20.1 Å². The number of halogens is 2. The summed E-state index contributed by atoms with van der Waals surface area (Å²) in [5.74, 6) is 0.407. The van der Waals surface area contributed by atoms with Crippen LogP contribution in [0.15, 0.2) is 41.3 Å². The highest BCUT2D eigenvalue weighted by atomic mass is 35.5. The number of nitrogens with zero attached hydrogens (tertiary/aromatic N) is 6. The number of hydrogen-bond acceptors (Lipinski definition) is 6. The van der Waals surface area contributed by atoms with Crippen molar-refractivity contribution < 1.29 is 14.4 Å². The third-order valence-corrected chi connectivity index (χ3v) is 8.53. The van der Waals surface area contributed by atoms with Gasteiger partial charge in [-0.1, -0.05) is 43.1 Å². The summed E-state index contributed by atoms with van der Waals surface area (Å²) in [7, 11) is 1.60. The smallest absolute Gasteiger partial charge is 0.263 e. The highest BCUT2D eigenvalue weighted by Gasteiger charge is 2.29. The summed E-state index contributed by atoms with van der Waals surface area (Å²) in [5, 5.41) is 8.49. The van der Waals surface area contributed by atoms with Crippen LogP contribution in [-0.4, -0.2) is 73.0 Å². The van der Waals surface area contributed by atoms with Gasteiger partial charge in [0.15, 0.2) is 0 Å². The fraction of sp³-hybridized carbons (Fsp3) is 0.484. The van der Waals surface area contributed by atoms with Gasteiger partial charge in [0.1, 0.15) is 23.3 Å². The molecule has 0 bridgehead atoms. The minimum absolute atomic E-state index is 0.00574. The second-order valence-corrected chi connectivity index (χ2v) is 12.4. The average Bonchev–Trinajstić information content (AvgIpc) is 3.35. The van der Waals surface area contributed by atoms with E-state index in [2.05, 4.69) is 29.2 Å². The molecule has 0 spiro atoms. The monoisotopic (exact) mass is 643 g/mol. The molecule has 4 rings (SSSR count). The average molecular weight is 645 g/mol. The van der Waals surface area contributed by atoms with E-state index < -0.39 is 23.6 Å². The van der Waals surface area contributed by atoms with Crippen molar-refractivity contribution in [3.63, 3.8) is 0 Å². The van der Waals surface area contributed by atoms with Crippen LogP contribution < -0.4 is 10.9 Å². The molecule has 1 aliphatic heterocycles. The number of aryl methyl sites for hydroxylation is 1. The molecule has 13 heteroatoms. The highest BCUT2D eigenvalue weighted by Crippen LogP contribution is 2.25. The van der Waals surface area contributed by atoms with E-state index >= 15 is 0 Å². The highest BCUT2D eigenvalue weighted by molar-refractivity contribution is 6.36. The van der Waals surface area contributed by atoms with Gasteiger partial charge in [-0.3, -0.25) is 19.2 Å². The number of likely N-dealkylation sites (N-methyl/N-ethyl adjacent to an activating group) is 1. The Bertz CT molecular complexity index is 1560. The van der Waals surface area contributed by atoms with Crippen molar-refractivity contribution >= 4 is 40.9 Å². The molecule has 2 atom stereocenters. The normalized spacial score (nSPS) is 18.6. The van der Waals surface area contributed by atoms with E-state index in [0.717, 1.165) is 0 Å². The van der Waals surface area contributed by atoms with E-state index in [1.54, 1.807) is 60.9 Å².